The molecule has 3 aromatic rings. The Labute approximate surface area is 138 Å². The molecule has 0 amide bonds. The number of hydrogen-bond acceptors (Lipinski definition) is 6. The number of nitrogens with one attached hydrogen (secondary N) is 1. The standard InChI is InChI=1S/C16H17N7O/c1-22-10-19-6-12(22)7-23-3-2-14-13(8-23)16(24)21-15(20-14)11-4-17-9-18-5-11/h4-6,9-10H,2-3,7-8H2,1H3,(H,20,21,24). The molecule has 0 radical (unpaired) electrons. The lowest BCUT2D eigenvalue weighted by Crippen LogP contribution is -2.35. The smallest absolute Gasteiger partial charge is 0.255 e. The summed E-state index contributed by atoms with van der Waals surface area (Å²) in [6, 6.07) is 0. The van der Waals surface area contributed by atoms with Crippen LogP contribution in [0, 0.1) is 0 Å². The fourth-order valence-electron chi connectivity index (χ4n) is 2.94. The van der Waals surface area contributed by atoms with Gasteiger partial charge in [-0.3, -0.25) is 9.69 Å². The summed E-state index contributed by atoms with van der Waals surface area (Å²) in [6.07, 6.45) is 9.14. The van der Waals surface area contributed by atoms with Gasteiger partial charge in [-0.1, -0.05) is 0 Å². The summed E-state index contributed by atoms with van der Waals surface area (Å²) in [5, 5.41) is 0. The second kappa shape index (κ2) is 5.97. The molecule has 0 bridgehead atoms. The maximum atomic E-state index is 12.5. The molecule has 0 saturated heterocycles. The maximum absolute atomic E-state index is 12.5. The number of aromatic amines is 1. The Morgan fingerprint density at radius 2 is 2.04 bits per heavy atom. The first-order valence-corrected chi connectivity index (χ1v) is 7.75. The third-order valence-electron chi connectivity index (χ3n) is 4.28. The molecule has 0 spiro atoms. The number of fused-ring (bicyclic) bond motifs is 1. The van der Waals surface area contributed by atoms with Crippen LogP contribution in [-0.2, 0) is 26.6 Å². The molecule has 24 heavy (non-hydrogen) atoms. The number of hydrogen-bond donors (Lipinski definition) is 1. The molecule has 0 unspecified atom stereocenters. The molecule has 0 aromatic carbocycles. The molecular formula is C16H17N7O. The average Bonchev–Trinajstić information content (AvgIpc) is 3.01. The van der Waals surface area contributed by atoms with Crippen molar-refractivity contribution >= 4 is 0 Å². The van der Waals surface area contributed by atoms with E-state index in [1.807, 2.05) is 17.8 Å². The SMILES string of the molecule is Cn1cncc1CN1CCc2nc(-c3cncnc3)[nH]c(=O)c2C1. The average molecular weight is 323 g/mol. The van der Waals surface area contributed by atoms with Crippen LogP contribution in [0.1, 0.15) is 17.0 Å². The molecule has 0 saturated carbocycles. The summed E-state index contributed by atoms with van der Waals surface area (Å²) in [6.45, 7) is 2.22. The predicted octanol–water partition coefficient (Wildman–Crippen LogP) is 0.519. The van der Waals surface area contributed by atoms with E-state index in [9.17, 15) is 4.79 Å². The van der Waals surface area contributed by atoms with Crippen molar-refractivity contribution in [2.75, 3.05) is 6.54 Å². The number of H-pyrrole nitrogens is 1. The lowest BCUT2D eigenvalue weighted by Gasteiger charge is -2.27. The molecule has 0 fully saturated rings. The first kappa shape index (κ1) is 14.7. The van der Waals surface area contributed by atoms with Crippen molar-refractivity contribution in [2.45, 2.75) is 19.5 Å². The minimum absolute atomic E-state index is 0.0893. The Bertz CT molecular complexity index is 916. The van der Waals surface area contributed by atoms with Gasteiger partial charge in [-0.2, -0.15) is 0 Å². The van der Waals surface area contributed by atoms with E-state index in [2.05, 4.69) is 29.8 Å². The Morgan fingerprint density at radius 3 is 2.79 bits per heavy atom. The van der Waals surface area contributed by atoms with Crippen molar-refractivity contribution in [3.63, 3.8) is 0 Å². The molecule has 4 rings (SSSR count). The molecule has 0 atom stereocenters. The molecule has 3 aromatic heterocycles. The van der Waals surface area contributed by atoms with Crippen LogP contribution in [0.3, 0.4) is 0 Å². The Balaban J connectivity index is 1.61. The fraction of sp³-hybridized carbons (Fsp3) is 0.312. The van der Waals surface area contributed by atoms with Crippen molar-refractivity contribution in [1.82, 2.24) is 34.4 Å². The molecule has 8 nitrogen and oxygen atoms in total. The van der Waals surface area contributed by atoms with Crippen LogP contribution in [-0.4, -0.2) is 40.9 Å². The summed E-state index contributed by atoms with van der Waals surface area (Å²) in [5.41, 5.74) is 3.35. The number of nitrogens with zero attached hydrogens (tertiary/aromatic N) is 6. The van der Waals surface area contributed by atoms with Crippen molar-refractivity contribution in [3.8, 4) is 11.4 Å². The van der Waals surface area contributed by atoms with Gasteiger partial charge in [0.25, 0.3) is 5.56 Å². The van der Waals surface area contributed by atoms with Gasteiger partial charge in [-0.05, 0) is 0 Å². The van der Waals surface area contributed by atoms with Gasteiger partial charge >= 0.3 is 0 Å². The molecule has 1 N–H and O–H groups in total. The van der Waals surface area contributed by atoms with Gasteiger partial charge in [0.2, 0.25) is 0 Å². The van der Waals surface area contributed by atoms with Crippen LogP contribution in [0.4, 0.5) is 0 Å². The topological polar surface area (TPSA) is 92.6 Å². The van der Waals surface area contributed by atoms with Gasteiger partial charge in [0, 0.05) is 51.7 Å². The van der Waals surface area contributed by atoms with Crippen LogP contribution in [0.25, 0.3) is 11.4 Å². The van der Waals surface area contributed by atoms with E-state index in [0.717, 1.165) is 42.0 Å². The lowest BCUT2D eigenvalue weighted by molar-refractivity contribution is 0.236. The third-order valence-corrected chi connectivity index (χ3v) is 4.28. The highest BCUT2D eigenvalue weighted by Gasteiger charge is 2.22. The molecule has 4 heterocycles. The summed E-state index contributed by atoms with van der Waals surface area (Å²) >= 11 is 0. The quantitative estimate of drug-likeness (QED) is 0.755. The number of imidazole rings is 1. The van der Waals surface area contributed by atoms with Gasteiger partial charge in [-0.25, -0.2) is 19.9 Å². The van der Waals surface area contributed by atoms with E-state index in [-0.39, 0.29) is 5.56 Å². The highest BCUT2D eigenvalue weighted by atomic mass is 16.1. The van der Waals surface area contributed by atoms with Gasteiger partial charge in [-0.15, -0.1) is 0 Å². The van der Waals surface area contributed by atoms with Crippen molar-refractivity contribution in [2.24, 2.45) is 7.05 Å². The number of aryl methyl sites for hydroxylation is 1. The Morgan fingerprint density at radius 1 is 1.21 bits per heavy atom. The zero-order valence-electron chi connectivity index (χ0n) is 13.3. The van der Waals surface area contributed by atoms with E-state index in [1.54, 1.807) is 18.7 Å². The molecule has 0 aliphatic carbocycles. The minimum Gasteiger partial charge on any atom is -0.337 e. The summed E-state index contributed by atoms with van der Waals surface area (Å²) in [5.74, 6) is 0.527. The minimum atomic E-state index is -0.0893. The van der Waals surface area contributed by atoms with Crippen molar-refractivity contribution < 1.29 is 0 Å². The second-order valence-electron chi connectivity index (χ2n) is 5.92. The lowest BCUT2D eigenvalue weighted by atomic mass is 10.1. The Hall–Kier alpha value is -2.87. The molecular weight excluding hydrogens is 306 g/mol. The second-order valence-corrected chi connectivity index (χ2v) is 5.92. The molecule has 1 aliphatic heterocycles. The van der Waals surface area contributed by atoms with Gasteiger partial charge in [0.05, 0.1) is 28.8 Å². The fourth-order valence-corrected chi connectivity index (χ4v) is 2.94. The van der Waals surface area contributed by atoms with Gasteiger partial charge < -0.3 is 9.55 Å². The third kappa shape index (κ3) is 2.71. The number of aromatic nitrogens is 6. The van der Waals surface area contributed by atoms with Gasteiger partial charge in [0.1, 0.15) is 12.2 Å². The van der Waals surface area contributed by atoms with E-state index >= 15 is 0 Å². The van der Waals surface area contributed by atoms with Crippen LogP contribution in [0.2, 0.25) is 0 Å². The van der Waals surface area contributed by atoms with Crippen molar-refractivity contribution in [1.29, 1.82) is 0 Å². The Kier molecular flexibility index (Phi) is 3.66. The van der Waals surface area contributed by atoms with E-state index in [4.69, 9.17) is 0 Å². The van der Waals surface area contributed by atoms with Crippen LogP contribution in [0.5, 0.6) is 0 Å². The highest BCUT2D eigenvalue weighted by molar-refractivity contribution is 5.52. The predicted molar refractivity (Wildman–Crippen MR) is 86.9 cm³/mol. The normalized spacial score (nSPS) is 14.5. The zero-order valence-corrected chi connectivity index (χ0v) is 13.3. The first-order chi connectivity index (χ1) is 11.7. The van der Waals surface area contributed by atoms with Crippen LogP contribution >= 0.6 is 0 Å². The molecule has 8 heteroatoms. The van der Waals surface area contributed by atoms with Crippen LogP contribution in [0.15, 0.2) is 36.0 Å². The van der Waals surface area contributed by atoms with Gasteiger partial charge in [0.15, 0.2) is 0 Å². The van der Waals surface area contributed by atoms with E-state index < -0.39 is 0 Å². The largest absolute Gasteiger partial charge is 0.337 e. The first-order valence-electron chi connectivity index (χ1n) is 7.75. The van der Waals surface area contributed by atoms with Crippen molar-refractivity contribution in [3.05, 3.63) is 58.6 Å². The summed E-state index contributed by atoms with van der Waals surface area (Å²) in [7, 11) is 1.97. The monoisotopic (exact) mass is 323 g/mol. The maximum Gasteiger partial charge on any atom is 0.255 e. The highest BCUT2D eigenvalue weighted by Crippen LogP contribution is 2.18. The molecule has 1 aliphatic rings. The summed E-state index contributed by atoms with van der Waals surface area (Å²) < 4.78 is 2.00. The number of rotatable bonds is 3. The van der Waals surface area contributed by atoms with E-state index in [0.29, 0.717) is 12.4 Å². The van der Waals surface area contributed by atoms with Crippen LogP contribution < -0.4 is 5.56 Å². The molecule has 122 valence electrons. The zero-order chi connectivity index (χ0) is 16.5. The van der Waals surface area contributed by atoms with E-state index in [1.165, 1.54) is 6.33 Å². The summed E-state index contributed by atoms with van der Waals surface area (Å²) in [4.78, 5) is 34.3.